The van der Waals surface area contributed by atoms with E-state index in [4.69, 9.17) is 5.73 Å². The molecule has 5 heteroatoms. The first-order chi connectivity index (χ1) is 9.15. The second-order valence-corrected chi connectivity index (χ2v) is 5.35. The molecule has 2 aromatic rings. The van der Waals surface area contributed by atoms with Crippen molar-refractivity contribution in [3.8, 4) is 0 Å². The Morgan fingerprint density at radius 1 is 1.21 bits per heavy atom. The summed E-state index contributed by atoms with van der Waals surface area (Å²) >= 11 is 1.55. The number of carbonyl (C=O) groups is 1. The molecule has 0 radical (unpaired) electrons. The Morgan fingerprint density at radius 2 is 2.00 bits per heavy atom. The van der Waals surface area contributed by atoms with E-state index in [0.717, 1.165) is 15.4 Å². The van der Waals surface area contributed by atoms with Gasteiger partial charge in [0.1, 0.15) is 0 Å². The lowest BCUT2D eigenvalue weighted by molar-refractivity contribution is 0.1000. The molecule has 1 unspecified atom stereocenters. The fourth-order valence-electron chi connectivity index (χ4n) is 2.03. The average Bonchev–Trinajstić information content (AvgIpc) is 2.54. The van der Waals surface area contributed by atoms with Crippen molar-refractivity contribution in [2.24, 2.45) is 5.73 Å². The largest absolute Gasteiger partial charge is 0.369 e. The van der Waals surface area contributed by atoms with Crippen molar-refractivity contribution in [2.45, 2.75) is 16.0 Å². The molecule has 19 heavy (non-hydrogen) atoms. The zero-order chi connectivity index (χ0) is 13.4. The number of rotatable bonds is 1. The van der Waals surface area contributed by atoms with Crippen molar-refractivity contribution in [2.75, 3.05) is 5.32 Å². The third-order valence-corrected chi connectivity index (χ3v) is 4.16. The number of aliphatic hydroxyl groups excluding tert-OH is 1. The van der Waals surface area contributed by atoms with Crippen LogP contribution in [0.2, 0.25) is 0 Å². The van der Waals surface area contributed by atoms with E-state index in [1.165, 1.54) is 0 Å². The molecule has 1 amide bonds. The smallest absolute Gasteiger partial charge is 0.248 e. The van der Waals surface area contributed by atoms with Crippen molar-refractivity contribution in [1.82, 2.24) is 0 Å². The molecule has 0 aliphatic carbocycles. The summed E-state index contributed by atoms with van der Waals surface area (Å²) in [6, 6.07) is 12.8. The van der Waals surface area contributed by atoms with Gasteiger partial charge in [0.2, 0.25) is 5.91 Å². The van der Waals surface area contributed by atoms with Crippen molar-refractivity contribution in [3.63, 3.8) is 0 Å². The van der Waals surface area contributed by atoms with Gasteiger partial charge in [0, 0.05) is 20.9 Å². The lowest BCUT2D eigenvalue weighted by Crippen LogP contribution is -2.13. The van der Waals surface area contributed by atoms with Gasteiger partial charge in [0.05, 0.1) is 5.69 Å². The minimum absolute atomic E-state index is 0.421. The van der Waals surface area contributed by atoms with Gasteiger partial charge in [-0.3, -0.25) is 4.79 Å². The Balaban J connectivity index is 2.09. The summed E-state index contributed by atoms with van der Waals surface area (Å²) < 4.78 is 0. The third-order valence-electron chi connectivity index (χ3n) is 2.99. The van der Waals surface area contributed by atoms with Crippen LogP contribution in [0, 0.1) is 0 Å². The molecule has 4 nitrogen and oxygen atoms in total. The van der Waals surface area contributed by atoms with Crippen LogP contribution in [0.5, 0.6) is 0 Å². The van der Waals surface area contributed by atoms with Gasteiger partial charge in [-0.1, -0.05) is 30.0 Å². The Hall–Kier alpha value is -1.98. The molecule has 0 spiro atoms. The van der Waals surface area contributed by atoms with Gasteiger partial charge >= 0.3 is 0 Å². The molecule has 0 bridgehead atoms. The maximum Gasteiger partial charge on any atom is 0.248 e. The Labute approximate surface area is 114 Å². The summed E-state index contributed by atoms with van der Waals surface area (Å²) in [5.41, 5.74) is 7.23. The van der Waals surface area contributed by atoms with Gasteiger partial charge < -0.3 is 16.2 Å². The number of fused-ring (bicyclic) bond motifs is 2. The summed E-state index contributed by atoms with van der Waals surface area (Å²) in [5, 5.41) is 13.2. The molecular formula is C14H12N2O2S. The van der Waals surface area contributed by atoms with E-state index >= 15 is 0 Å². The van der Waals surface area contributed by atoms with Gasteiger partial charge in [-0.05, 0) is 24.3 Å². The van der Waals surface area contributed by atoms with E-state index in [1.54, 1.807) is 23.9 Å². The number of amides is 1. The van der Waals surface area contributed by atoms with Gasteiger partial charge in [0.15, 0.2) is 6.23 Å². The fraction of sp³-hybridized carbons (Fsp3) is 0.0714. The number of nitrogens with one attached hydrogen (secondary N) is 1. The second-order valence-electron chi connectivity index (χ2n) is 4.26. The van der Waals surface area contributed by atoms with Gasteiger partial charge in [0.25, 0.3) is 0 Å². The number of hydrogen-bond donors (Lipinski definition) is 3. The van der Waals surface area contributed by atoms with Crippen LogP contribution in [-0.4, -0.2) is 11.0 Å². The maximum absolute atomic E-state index is 11.2. The number of carbonyl (C=O) groups excluding carboxylic acids is 1. The highest BCUT2D eigenvalue weighted by Crippen LogP contribution is 2.41. The molecule has 1 heterocycles. The van der Waals surface area contributed by atoms with E-state index < -0.39 is 12.1 Å². The Kier molecular flexibility index (Phi) is 2.93. The molecule has 3 rings (SSSR count). The normalized spacial score (nSPS) is 16.8. The first-order valence-electron chi connectivity index (χ1n) is 5.80. The van der Waals surface area contributed by atoms with Crippen LogP contribution in [-0.2, 0) is 0 Å². The van der Waals surface area contributed by atoms with Crippen molar-refractivity contribution in [1.29, 1.82) is 0 Å². The fourth-order valence-corrected chi connectivity index (χ4v) is 3.07. The lowest BCUT2D eigenvalue weighted by atomic mass is 10.1. The van der Waals surface area contributed by atoms with Gasteiger partial charge in [-0.25, -0.2) is 0 Å². The standard InChI is InChI=1S/C14H12N2O2S/c15-13(17)8-5-6-12-10(7-8)16-14(18)9-3-1-2-4-11(9)19-12/h1-7,14,16,18H,(H2,15,17). The van der Waals surface area contributed by atoms with Crippen molar-refractivity contribution < 1.29 is 9.90 Å². The van der Waals surface area contributed by atoms with Crippen LogP contribution in [0.15, 0.2) is 52.3 Å². The predicted octanol–water partition coefficient (Wildman–Crippen LogP) is 2.35. The van der Waals surface area contributed by atoms with E-state index in [2.05, 4.69) is 5.32 Å². The zero-order valence-electron chi connectivity index (χ0n) is 9.96. The van der Waals surface area contributed by atoms with Crippen molar-refractivity contribution in [3.05, 3.63) is 53.6 Å². The topological polar surface area (TPSA) is 75.4 Å². The molecule has 2 aromatic carbocycles. The zero-order valence-corrected chi connectivity index (χ0v) is 10.8. The van der Waals surface area contributed by atoms with Crippen LogP contribution in [0.1, 0.15) is 22.1 Å². The van der Waals surface area contributed by atoms with E-state index in [1.807, 2.05) is 30.3 Å². The molecule has 96 valence electrons. The van der Waals surface area contributed by atoms with Crippen LogP contribution in [0.25, 0.3) is 0 Å². The molecule has 1 atom stereocenters. The quantitative estimate of drug-likeness (QED) is 0.745. The molecule has 4 N–H and O–H groups in total. The molecule has 1 aliphatic heterocycles. The van der Waals surface area contributed by atoms with E-state index in [9.17, 15) is 9.90 Å². The van der Waals surface area contributed by atoms with Crippen LogP contribution < -0.4 is 11.1 Å². The molecule has 0 saturated heterocycles. The predicted molar refractivity (Wildman–Crippen MR) is 74.1 cm³/mol. The number of aliphatic hydroxyl groups is 1. The first-order valence-corrected chi connectivity index (χ1v) is 6.62. The van der Waals surface area contributed by atoms with Crippen LogP contribution in [0.4, 0.5) is 5.69 Å². The number of hydrogen-bond acceptors (Lipinski definition) is 4. The summed E-state index contributed by atoms with van der Waals surface area (Å²) in [7, 11) is 0. The van der Waals surface area contributed by atoms with Gasteiger partial charge in [-0.15, -0.1) is 0 Å². The highest BCUT2D eigenvalue weighted by molar-refractivity contribution is 7.99. The number of nitrogens with two attached hydrogens (primary N) is 1. The Bertz CT molecular complexity index is 658. The van der Waals surface area contributed by atoms with E-state index in [-0.39, 0.29) is 0 Å². The van der Waals surface area contributed by atoms with Crippen LogP contribution >= 0.6 is 11.8 Å². The molecule has 0 fully saturated rings. The number of primary amides is 1. The Morgan fingerprint density at radius 3 is 2.79 bits per heavy atom. The SMILES string of the molecule is NC(=O)c1ccc2c(c1)NC(O)c1ccccc1S2. The van der Waals surface area contributed by atoms with Crippen molar-refractivity contribution >= 4 is 23.4 Å². The summed E-state index contributed by atoms with van der Waals surface area (Å²) in [6.07, 6.45) is -0.798. The number of benzene rings is 2. The minimum atomic E-state index is -0.798. The second kappa shape index (κ2) is 4.60. The lowest BCUT2D eigenvalue weighted by Gasteiger charge is -2.13. The third kappa shape index (κ3) is 2.18. The summed E-state index contributed by atoms with van der Waals surface area (Å²) in [5.74, 6) is -0.481. The number of anilines is 1. The molecule has 0 aromatic heterocycles. The van der Waals surface area contributed by atoms with Gasteiger partial charge in [-0.2, -0.15) is 0 Å². The first kappa shape index (κ1) is 12.1. The average molecular weight is 272 g/mol. The minimum Gasteiger partial charge on any atom is -0.369 e. The molecule has 0 saturated carbocycles. The summed E-state index contributed by atoms with van der Waals surface area (Å²) in [6.45, 7) is 0. The monoisotopic (exact) mass is 272 g/mol. The highest BCUT2D eigenvalue weighted by Gasteiger charge is 2.20. The maximum atomic E-state index is 11.2. The van der Waals surface area contributed by atoms with E-state index in [0.29, 0.717) is 11.3 Å². The van der Waals surface area contributed by atoms with Crippen LogP contribution in [0.3, 0.4) is 0 Å². The molecule has 1 aliphatic rings. The summed E-state index contributed by atoms with van der Waals surface area (Å²) in [4.78, 5) is 13.1. The highest BCUT2D eigenvalue weighted by atomic mass is 32.2. The molecular weight excluding hydrogens is 260 g/mol.